The zero-order valence-electron chi connectivity index (χ0n) is 12.1. The standard InChI is InChI=1S/C15H21NO4/c1-4-12(15(2,3)13(17)18)16-14(19)20-10-11-8-6-5-7-9-11/h5-9,12H,4,10H2,1-3H3,(H,16,19)(H,17,18). The molecule has 110 valence electrons. The summed E-state index contributed by atoms with van der Waals surface area (Å²) in [5.74, 6) is -0.951. The molecule has 0 saturated carbocycles. The van der Waals surface area contributed by atoms with E-state index in [0.29, 0.717) is 6.42 Å². The minimum atomic E-state index is -1.04. The molecule has 5 nitrogen and oxygen atoms in total. The van der Waals surface area contributed by atoms with Crippen molar-refractivity contribution in [3.8, 4) is 0 Å². The van der Waals surface area contributed by atoms with Gasteiger partial charge >= 0.3 is 12.1 Å². The molecule has 1 aromatic carbocycles. The van der Waals surface area contributed by atoms with Crippen molar-refractivity contribution in [2.24, 2.45) is 5.41 Å². The van der Waals surface area contributed by atoms with Crippen LogP contribution >= 0.6 is 0 Å². The van der Waals surface area contributed by atoms with Crippen LogP contribution in [0.3, 0.4) is 0 Å². The van der Waals surface area contributed by atoms with Crippen molar-refractivity contribution in [1.82, 2.24) is 5.32 Å². The highest BCUT2D eigenvalue weighted by atomic mass is 16.5. The number of hydrogen-bond acceptors (Lipinski definition) is 3. The molecule has 0 saturated heterocycles. The Labute approximate surface area is 118 Å². The Morgan fingerprint density at radius 3 is 2.40 bits per heavy atom. The molecule has 20 heavy (non-hydrogen) atoms. The number of carboxylic acid groups (broad SMARTS) is 1. The first kappa shape index (κ1) is 16.0. The number of amides is 1. The molecule has 1 atom stereocenters. The summed E-state index contributed by atoms with van der Waals surface area (Å²) in [6.45, 7) is 5.16. The summed E-state index contributed by atoms with van der Waals surface area (Å²) in [6.07, 6.45) is -0.0882. The molecular formula is C15H21NO4. The van der Waals surface area contributed by atoms with Gasteiger partial charge in [0.1, 0.15) is 6.61 Å². The molecule has 1 amide bonds. The summed E-state index contributed by atoms with van der Waals surface area (Å²) in [4.78, 5) is 22.9. The maximum Gasteiger partial charge on any atom is 0.407 e. The Hall–Kier alpha value is -2.04. The van der Waals surface area contributed by atoms with Crippen molar-refractivity contribution in [2.75, 3.05) is 0 Å². The average Bonchev–Trinajstić information content (AvgIpc) is 2.43. The van der Waals surface area contributed by atoms with Crippen LogP contribution in [0.1, 0.15) is 32.8 Å². The molecule has 0 radical (unpaired) electrons. The van der Waals surface area contributed by atoms with E-state index in [-0.39, 0.29) is 6.61 Å². The fourth-order valence-corrected chi connectivity index (χ4v) is 1.85. The van der Waals surface area contributed by atoms with Crippen LogP contribution in [0.15, 0.2) is 30.3 Å². The summed E-state index contributed by atoms with van der Waals surface area (Å²) in [5, 5.41) is 11.8. The van der Waals surface area contributed by atoms with Gasteiger partial charge in [-0.15, -0.1) is 0 Å². The molecule has 1 unspecified atom stereocenters. The van der Waals surface area contributed by atoms with Gasteiger partial charge in [0.15, 0.2) is 0 Å². The number of ether oxygens (including phenoxy) is 1. The van der Waals surface area contributed by atoms with E-state index in [4.69, 9.17) is 4.74 Å². The Kier molecular flexibility index (Phi) is 5.55. The van der Waals surface area contributed by atoms with Crippen molar-refractivity contribution >= 4 is 12.1 Å². The molecule has 0 fully saturated rings. The third-order valence-electron chi connectivity index (χ3n) is 3.34. The fraction of sp³-hybridized carbons (Fsp3) is 0.467. The highest BCUT2D eigenvalue weighted by Crippen LogP contribution is 2.23. The number of carbonyl (C=O) groups is 2. The van der Waals surface area contributed by atoms with Gasteiger partial charge in [-0.3, -0.25) is 4.79 Å². The lowest BCUT2D eigenvalue weighted by Crippen LogP contribution is -2.48. The number of alkyl carbamates (subject to hydrolysis) is 1. The lowest BCUT2D eigenvalue weighted by Gasteiger charge is -2.29. The topological polar surface area (TPSA) is 75.6 Å². The van der Waals surface area contributed by atoms with Gasteiger partial charge in [-0.2, -0.15) is 0 Å². The number of nitrogens with one attached hydrogen (secondary N) is 1. The van der Waals surface area contributed by atoms with Crippen LogP contribution < -0.4 is 5.32 Å². The first-order valence-corrected chi connectivity index (χ1v) is 6.58. The Balaban J connectivity index is 2.54. The SMILES string of the molecule is CCC(NC(=O)OCc1ccccc1)C(C)(C)C(=O)O. The maximum absolute atomic E-state index is 11.7. The number of hydrogen-bond donors (Lipinski definition) is 2. The normalized spacial score (nSPS) is 12.6. The number of carboxylic acids is 1. The van der Waals surface area contributed by atoms with E-state index in [1.54, 1.807) is 13.8 Å². The monoisotopic (exact) mass is 279 g/mol. The van der Waals surface area contributed by atoms with Gasteiger partial charge in [-0.25, -0.2) is 4.79 Å². The molecule has 0 bridgehead atoms. The second-order valence-electron chi connectivity index (χ2n) is 5.19. The van der Waals surface area contributed by atoms with Crippen LogP contribution in [0, 0.1) is 5.41 Å². The number of carbonyl (C=O) groups excluding carboxylic acids is 1. The Morgan fingerprint density at radius 1 is 1.30 bits per heavy atom. The second kappa shape index (κ2) is 6.93. The van der Waals surface area contributed by atoms with Crippen LogP contribution in [0.5, 0.6) is 0 Å². The smallest absolute Gasteiger partial charge is 0.407 e. The van der Waals surface area contributed by atoms with Gasteiger partial charge in [0.05, 0.1) is 5.41 Å². The highest BCUT2D eigenvalue weighted by Gasteiger charge is 2.37. The molecular weight excluding hydrogens is 258 g/mol. The largest absolute Gasteiger partial charge is 0.481 e. The van der Waals surface area contributed by atoms with Gasteiger partial charge in [-0.1, -0.05) is 37.3 Å². The van der Waals surface area contributed by atoms with Gasteiger partial charge in [0, 0.05) is 6.04 Å². The molecule has 1 aromatic rings. The maximum atomic E-state index is 11.7. The minimum Gasteiger partial charge on any atom is -0.481 e. The molecule has 0 spiro atoms. The van der Waals surface area contributed by atoms with E-state index >= 15 is 0 Å². The van der Waals surface area contributed by atoms with Crippen molar-refractivity contribution in [3.63, 3.8) is 0 Å². The van der Waals surface area contributed by atoms with Crippen LogP contribution in [0.4, 0.5) is 4.79 Å². The molecule has 0 aromatic heterocycles. The molecule has 1 rings (SSSR count). The fourth-order valence-electron chi connectivity index (χ4n) is 1.85. The van der Waals surface area contributed by atoms with Crippen LogP contribution in [-0.2, 0) is 16.1 Å². The van der Waals surface area contributed by atoms with Crippen molar-refractivity contribution in [1.29, 1.82) is 0 Å². The van der Waals surface area contributed by atoms with E-state index < -0.39 is 23.5 Å². The first-order chi connectivity index (χ1) is 9.37. The second-order valence-corrected chi connectivity index (χ2v) is 5.19. The predicted molar refractivity (Wildman–Crippen MR) is 75.3 cm³/mol. The minimum absolute atomic E-state index is 0.163. The number of rotatable bonds is 6. The molecule has 0 heterocycles. The quantitative estimate of drug-likeness (QED) is 0.839. The molecule has 0 aliphatic heterocycles. The zero-order valence-corrected chi connectivity index (χ0v) is 12.1. The highest BCUT2D eigenvalue weighted by molar-refractivity contribution is 5.76. The van der Waals surface area contributed by atoms with Crippen molar-refractivity contribution < 1.29 is 19.4 Å². The van der Waals surface area contributed by atoms with E-state index in [2.05, 4.69) is 5.32 Å². The third kappa shape index (κ3) is 4.26. The van der Waals surface area contributed by atoms with E-state index in [1.165, 1.54) is 0 Å². The third-order valence-corrected chi connectivity index (χ3v) is 3.34. The Morgan fingerprint density at radius 2 is 1.90 bits per heavy atom. The predicted octanol–water partition coefficient (Wildman–Crippen LogP) is 2.80. The summed E-state index contributed by atoms with van der Waals surface area (Å²) in [5.41, 5.74) is -0.159. The summed E-state index contributed by atoms with van der Waals surface area (Å²) in [6, 6.07) is 8.82. The van der Waals surface area contributed by atoms with Crippen LogP contribution in [-0.4, -0.2) is 23.2 Å². The summed E-state index contributed by atoms with van der Waals surface area (Å²) < 4.78 is 5.09. The average molecular weight is 279 g/mol. The number of benzene rings is 1. The number of aliphatic carboxylic acids is 1. The zero-order chi connectivity index (χ0) is 15.2. The van der Waals surface area contributed by atoms with E-state index in [0.717, 1.165) is 5.56 Å². The van der Waals surface area contributed by atoms with Crippen molar-refractivity contribution in [3.05, 3.63) is 35.9 Å². The Bertz CT molecular complexity index is 456. The molecule has 0 aliphatic carbocycles. The van der Waals surface area contributed by atoms with Gasteiger partial charge in [-0.05, 0) is 25.8 Å². The lowest BCUT2D eigenvalue weighted by atomic mass is 9.83. The van der Waals surface area contributed by atoms with E-state index in [9.17, 15) is 14.7 Å². The summed E-state index contributed by atoms with van der Waals surface area (Å²) in [7, 11) is 0. The lowest BCUT2D eigenvalue weighted by molar-refractivity contribution is -0.148. The van der Waals surface area contributed by atoms with Crippen molar-refractivity contribution in [2.45, 2.75) is 39.8 Å². The van der Waals surface area contributed by atoms with Crippen LogP contribution in [0.25, 0.3) is 0 Å². The van der Waals surface area contributed by atoms with E-state index in [1.807, 2.05) is 37.3 Å². The summed E-state index contributed by atoms with van der Waals surface area (Å²) >= 11 is 0. The molecule has 2 N–H and O–H groups in total. The van der Waals surface area contributed by atoms with Gasteiger partial charge in [0.2, 0.25) is 0 Å². The van der Waals surface area contributed by atoms with Gasteiger partial charge in [0.25, 0.3) is 0 Å². The molecule has 0 aliphatic rings. The molecule has 5 heteroatoms. The first-order valence-electron chi connectivity index (χ1n) is 6.58. The van der Waals surface area contributed by atoms with Gasteiger partial charge < -0.3 is 15.2 Å². The van der Waals surface area contributed by atoms with Crippen LogP contribution in [0.2, 0.25) is 0 Å².